The Balaban J connectivity index is 0.00000126. The second kappa shape index (κ2) is 9.31. The Kier molecular flexibility index (Phi) is 7.36. The van der Waals surface area contributed by atoms with Crippen molar-refractivity contribution in [2.45, 2.75) is 27.7 Å². The van der Waals surface area contributed by atoms with Crippen molar-refractivity contribution >= 4 is 33.9 Å². The average Bonchev–Trinajstić information content (AvgIpc) is 2.66. The van der Waals surface area contributed by atoms with Crippen molar-refractivity contribution in [2.24, 2.45) is 0 Å². The maximum atomic E-state index is 14.8. The first-order chi connectivity index (χ1) is 12.9. The zero-order valence-electron chi connectivity index (χ0n) is 16.1. The molecule has 0 unspecified atom stereocenters. The van der Waals surface area contributed by atoms with Crippen LogP contribution in [0.4, 0.5) is 8.78 Å². The molecule has 2 aromatic carbocycles. The molecule has 0 spiro atoms. The molecule has 0 N–H and O–H groups in total. The number of allylic oxidation sites excluding steroid dienone is 3. The summed E-state index contributed by atoms with van der Waals surface area (Å²) in [5.74, 6) is -1.12. The fourth-order valence-corrected chi connectivity index (χ4v) is 3.67. The predicted octanol–water partition coefficient (Wildman–Crippen LogP) is 7.34. The zero-order chi connectivity index (χ0) is 20.1. The number of hydrogen-bond acceptors (Lipinski definition) is 1. The van der Waals surface area contributed by atoms with Crippen LogP contribution < -0.4 is 0 Å². The van der Waals surface area contributed by atoms with Crippen LogP contribution in [0.2, 0.25) is 0 Å². The highest BCUT2D eigenvalue weighted by molar-refractivity contribution is 14.1. The Bertz CT molecular complexity index is 875. The van der Waals surface area contributed by atoms with Crippen LogP contribution in [0.15, 0.2) is 64.4 Å². The molecule has 0 aromatic heterocycles. The molecule has 0 saturated heterocycles. The summed E-state index contributed by atoms with van der Waals surface area (Å²) in [6.07, 6.45) is 1.94. The van der Waals surface area contributed by atoms with Gasteiger partial charge in [0.1, 0.15) is 11.6 Å². The summed E-state index contributed by atoms with van der Waals surface area (Å²) in [5, 5.41) is 0. The molecule has 0 bridgehead atoms. The number of hydrogen-bond donors (Lipinski definition) is 0. The molecule has 27 heavy (non-hydrogen) atoms. The molecular weight excluding hydrogens is 455 g/mol. The summed E-state index contributed by atoms with van der Waals surface area (Å²) in [6.45, 7) is 12.3. The molecule has 0 aliphatic carbocycles. The maximum absolute atomic E-state index is 14.8. The fourth-order valence-electron chi connectivity index (χ4n) is 3.07. The van der Waals surface area contributed by atoms with Crippen molar-refractivity contribution in [1.29, 1.82) is 0 Å². The van der Waals surface area contributed by atoms with E-state index in [-0.39, 0.29) is 5.56 Å². The monoisotopic (exact) mass is 479 g/mol. The first kappa shape index (κ1) is 21.4. The second-order valence-electron chi connectivity index (χ2n) is 5.92. The SMILES string of the molecule is C=C1C(I)=CC(c2ccccc2)=C(c2c(F)cc(C)cc2F)N1CC.CC. The first-order valence-electron chi connectivity index (χ1n) is 9.03. The summed E-state index contributed by atoms with van der Waals surface area (Å²) in [4.78, 5) is 1.88. The van der Waals surface area contributed by atoms with E-state index in [1.807, 2.05) is 62.1 Å². The van der Waals surface area contributed by atoms with E-state index < -0.39 is 11.6 Å². The van der Waals surface area contributed by atoms with E-state index >= 15 is 0 Å². The van der Waals surface area contributed by atoms with E-state index in [1.165, 1.54) is 12.1 Å². The Labute approximate surface area is 174 Å². The minimum atomic E-state index is -0.558. The number of halogens is 3. The van der Waals surface area contributed by atoms with Gasteiger partial charge in [-0.3, -0.25) is 0 Å². The van der Waals surface area contributed by atoms with E-state index in [2.05, 4.69) is 29.2 Å². The molecule has 0 amide bonds. The Morgan fingerprint density at radius 3 is 2.11 bits per heavy atom. The summed E-state index contributed by atoms with van der Waals surface area (Å²) >= 11 is 2.21. The van der Waals surface area contributed by atoms with Crippen LogP contribution in [0.5, 0.6) is 0 Å². The van der Waals surface area contributed by atoms with Gasteiger partial charge in [0.15, 0.2) is 0 Å². The molecule has 4 heteroatoms. The number of likely N-dealkylation sites (N-methyl/N-ethyl adjacent to an activating group) is 1. The Morgan fingerprint density at radius 1 is 1.04 bits per heavy atom. The van der Waals surface area contributed by atoms with Crippen LogP contribution in [0.25, 0.3) is 11.3 Å². The number of benzene rings is 2. The predicted molar refractivity (Wildman–Crippen MR) is 119 cm³/mol. The van der Waals surface area contributed by atoms with Crippen LogP contribution in [0, 0.1) is 18.6 Å². The van der Waals surface area contributed by atoms with Crippen LogP contribution in [0.1, 0.15) is 37.5 Å². The van der Waals surface area contributed by atoms with Crippen molar-refractivity contribution in [3.63, 3.8) is 0 Å². The van der Waals surface area contributed by atoms with Crippen LogP contribution in [-0.2, 0) is 0 Å². The number of aryl methyl sites for hydroxylation is 1. The average molecular weight is 479 g/mol. The van der Waals surface area contributed by atoms with Gasteiger partial charge < -0.3 is 4.90 Å². The summed E-state index contributed by atoms with van der Waals surface area (Å²) < 4.78 is 30.5. The van der Waals surface area contributed by atoms with Gasteiger partial charge >= 0.3 is 0 Å². The smallest absolute Gasteiger partial charge is 0.135 e. The van der Waals surface area contributed by atoms with E-state index in [1.54, 1.807) is 6.92 Å². The lowest BCUT2D eigenvalue weighted by molar-refractivity contribution is 0.509. The summed E-state index contributed by atoms with van der Waals surface area (Å²) in [6, 6.07) is 12.4. The molecule has 142 valence electrons. The van der Waals surface area contributed by atoms with Gasteiger partial charge in [-0.25, -0.2) is 8.78 Å². The molecule has 2 aromatic rings. The standard InChI is InChI=1S/C21H18F2IN.C2H6/c1-4-25-14(3)19(24)12-16(15-8-6-5-7-9-15)21(25)20-17(22)10-13(2)11-18(20)23;1-2/h5-12H,3-4H2,1-2H3;1-2H3. The van der Waals surface area contributed by atoms with Gasteiger partial charge in [-0.05, 0) is 65.8 Å². The van der Waals surface area contributed by atoms with E-state index in [0.717, 1.165) is 20.4 Å². The van der Waals surface area contributed by atoms with Gasteiger partial charge in [0, 0.05) is 21.4 Å². The van der Waals surface area contributed by atoms with Crippen molar-refractivity contribution in [3.05, 3.63) is 92.7 Å². The lowest BCUT2D eigenvalue weighted by atomic mass is 9.94. The highest BCUT2D eigenvalue weighted by Gasteiger charge is 2.28. The molecule has 0 radical (unpaired) electrons. The van der Waals surface area contributed by atoms with Gasteiger partial charge in [-0.1, -0.05) is 50.8 Å². The molecule has 1 nitrogen and oxygen atoms in total. The van der Waals surface area contributed by atoms with Crippen molar-refractivity contribution in [1.82, 2.24) is 4.90 Å². The van der Waals surface area contributed by atoms with E-state index in [9.17, 15) is 8.78 Å². The zero-order valence-corrected chi connectivity index (χ0v) is 18.3. The normalized spacial score (nSPS) is 14.0. The molecule has 0 fully saturated rings. The number of rotatable bonds is 3. The topological polar surface area (TPSA) is 3.24 Å². The van der Waals surface area contributed by atoms with Gasteiger partial charge in [-0.2, -0.15) is 0 Å². The third-order valence-corrected chi connectivity index (χ3v) is 5.16. The van der Waals surface area contributed by atoms with Gasteiger partial charge in [0.25, 0.3) is 0 Å². The minimum Gasteiger partial charge on any atom is -0.340 e. The molecule has 0 saturated carbocycles. The molecular formula is C23H24F2IN. The lowest BCUT2D eigenvalue weighted by Gasteiger charge is -2.34. The largest absolute Gasteiger partial charge is 0.340 e. The molecule has 1 aliphatic heterocycles. The maximum Gasteiger partial charge on any atom is 0.135 e. The van der Waals surface area contributed by atoms with E-state index in [4.69, 9.17) is 0 Å². The van der Waals surface area contributed by atoms with Gasteiger partial charge in [-0.15, -0.1) is 0 Å². The van der Waals surface area contributed by atoms with Gasteiger partial charge in [0.2, 0.25) is 0 Å². The van der Waals surface area contributed by atoms with Crippen LogP contribution >= 0.6 is 22.6 Å². The minimum absolute atomic E-state index is 0.00685. The Hall–Kier alpha value is -1.95. The third-order valence-electron chi connectivity index (χ3n) is 4.22. The van der Waals surface area contributed by atoms with Crippen LogP contribution in [0.3, 0.4) is 0 Å². The van der Waals surface area contributed by atoms with Crippen molar-refractivity contribution in [3.8, 4) is 0 Å². The van der Waals surface area contributed by atoms with Crippen molar-refractivity contribution < 1.29 is 8.78 Å². The van der Waals surface area contributed by atoms with Gasteiger partial charge in [0.05, 0.1) is 11.3 Å². The molecule has 3 rings (SSSR count). The third kappa shape index (κ3) is 4.32. The molecule has 1 heterocycles. The summed E-state index contributed by atoms with van der Waals surface area (Å²) in [7, 11) is 0. The highest BCUT2D eigenvalue weighted by Crippen LogP contribution is 2.42. The highest BCUT2D eigenvalue weighted by atomic mass is 127. The van der Waals surface area contributed by atoms with Crippen LogP contribution in [-0.4, -0.2) is 11.4 Å². The molecule has 0 atom stereocenters. The number of nitrogens with zero attached hydrogens (tertiary/aromatic N) is 1. The second-order valence-corrected chi connectivity index (χ2v) is 7.08. The molecule has 1 aliphatic rings. The van der Waals surface area contributed by atoms with E-state index in [0.29, 0.717) is 17.8 Å². The summed E-state index contributed by atoms with van der Waals surface area (Å²) in [5.41, 5.74) is 3.53. The Morgan fingerprint density at radius 2 is 1.59 bits per heavy atom. The fraction of sp³-hybridized carbons (Fsp3) is 0.217. The lowest BCUT2D eigenvalue weighted by Crippen LogP contribution is -2.25. The van der Waals surface area contributed by atoms with Crippen molar-refractivity contribution in [2.75, 3.05) is 6.54 Å². The quantitative estimate of drug-likeness (QED) is 0.417. The first-order valence-corrected chi connectivity index (χ1v) is 10.1.